The van der Waals surface area contributed by atoms with Gasteiger partial charge in [-0.2, -0.15) is 4.98 Å². The van der Waals surface area contributed by atoms with Crippen LogP contribution in [0.4, 0.5) is 0 Å². The van der Waals surface area contributed by atoms with Crippen LogP contribution in [0.3, 0.4) is 0 Å². The Morgan fingerprint density at radius 2 is 2.29 bits per heavy atom. The van der Waals surface area contributed by atoms with Crippen molar-refractivity contribution in [2.75, 3.05) is 12.3 Å². The monoisotopic (exact) mass is 301 g/mol. The third-order valence-electron chi connectivity index (χ3n) is 3.70. The minimum atomic E-state index is -1.18. The van der Waals surface area contributed by atoms with Crippen LogP contribution in [0.25, 0.3) is 11.0 Å². The number of allylic oxidation sites excluding steroid dienone is 1. The first kappa shape index (κ1) is 12.8. The third kappa shape index (κ3) is 2.41. The molecule has 0 amide bonds. The van der Waals surface area contributed by atoms with Crippen LogP contribution >= 0.6 is 0 Å². The summed E-state index contributed by atoms with van der Waals surface area (Å²) < 4.78 is 18.3. The molecule has 0 fully saturated rings. The van der Waals surface area contributed by atoms with Crippen molar-refractivity contribution in [3.63, 3.8) is 0 Å². The first-order valence-corrected chi connectivity index (χ1v) is 8.23. The van der Waals surface area contributed by atoms with Crippen molar-refractivity contribution in [2.24, 2.45) is 0 Å². The van der Waals surface area contributed by atoms with Crippen LogP contribution in [0.1, 0.15) is 6.42 Å². The highest BCUT2D eigenvalue weighted by molar-refractivity contribution is 7.91. The summed E-state index contributed by atoms with van der Waals surface area (Å²) in [7, 11) is 0. The van der Waals surface area contributed by atoms with E-state index in [2.05, 4.69) is 15.3 Å². The zero-order chi connectivity index (χ0) is 14.2. The summed E-state index contributed by atoms with van der Waals surface area (Å²) in [4.78, 5) is 7.52. The van der Waals surface area contributed by atoms with Crippen molar-refractivity contribution in [3.05, 3.63) is 47.9 Å². The van der Waals surface area contributed by atoms with Crippen LogP contribution in [0.2, 0.25) is 0 Å². The molecule has 0 saturated heterocycles. The zero-order valence-corrected chi connectivity index (χ0v) is 12.2. The summed E-state index contributed by atoms with van der Waals surface area (Å²) in [5.41, 5.74) is 3.01. The van der Waals surface area contributed by atoms with Gasteiger partial charge in [0, 0.05) is 30.3 Å². The van der Waals surface area contributed by atoms with Gasteiger partial charge in [0.1, 0.15) is 11.9 Å². The van der Waals surface area contributed by atoms with Gasteiger partial charge in [-0.1, -0.05) is 12.1 Å². The standard InChI is InChI=1S/C15H15N3O2S/c19-21(15-17-12-3-1-2-4-13(12)18-15)9-11-7-10-8-16-6-5-14(10)20-11/h1-6,11,16H,7-9H2,(H,17,18). The van der Waals surface area contributed by atoms with Crippen molar-refractivity contribution < 1.29 is 9.29 Å². The molecule has 2 aliphatic heterocycles. The number of fused-ring (bicyclic) bond motifs is 1. The van der Waals surface area contributed by atoms with Crippen LogP contribution in [-0.2, 0) is 15.9 Å². The highest BCUT2D eigenvalue weighted by atomic mass is 32.2. The molecular formula is C15H15N3O2S. The van der Waals surface area contributed by atoms with Crippen molar-refractivity contribution >= 4 is 22.2 Å². The summed E-state index contributed by atoms with van der Waals surface area (Å²) >= 11 is -1.18. The Kier molecular flexibility index (Phi) is 3.12. The molecule has 0 aliphatic carbocycles. The summed E-state index contributed by atoms with van der Waals surface area (Å²) in [6, 6.07) is 7.71. The molecule has 0 spiro atoms. The highest BCUT2D eigenvalue weighted by Crippen LogP contribution is 2.29. The lowest BCUT2D eigenvalue weighted by Gasteiger charge is -2.13. The van der Waals surface area contributed by atoms with Gasteiger partial charge in [0.05, 0.1) is 11.0 Å². The number of ether oxygens (including phenoxy) is 1. The Labute approximate surface area is 125 Å². The fraction of sp³-hybridized carbons (Fsp3) is 0.267. The van der Waals surface area contributed by atoms with Crippen molar-refractivity contribution in [1.29, 1.82) is 0 Å². The Balaban J connectivity index is 1.46. The van der Waals surface area contributed by atoms with E-state index in [4.69, 9.17) is 4.74 Å². The van der Waals surface area contributed by atoms with E-state index < -0.39 is 11.2 Å². The second-order valence-electron chi connectivity index (χ2n) is 5.20. The van der Waals surface area contributed by atoms with Gasteiger partial charge in [-0.25, -0.2) is 0 Å². The lowest BCUT2D eigenvalue weighted by atomic mass is 10.1. The molecule has 0 bridgehead atoms. The second-order valence-corrected chi connectivity index (χ2v) is 6.61. The molecule has 4 rings (SSSR count). The number of aromatic amines is 1. The maximum atomic E-state index is 12.5. The summed E-state index contributed by atoms with van der Waals surface area (Å²) in [6.07, 6.45) is 4.62. The Morgan fingerprint density at radius 1 is 1.38 bits per heavy atom. The Hall–Kier alpha value is -1.92. The topological polar surface area (TPSA) is 73.0 Å². The minimum Gasteiger partial charge on any atom is -0.609 e. The molecule has 2 aliphatic rings. The van der Waals surface area contributed by atoms with Crippen molar-refractivity contribution in [3.8, 4) is 0 Å². The van der Waals surface area contributed by atoms with Crippen LogP contribution in [-0.4, -0.2) is 32.9 Å². The predicted octanol–water partition coefficient (Wildman–Crippen LogP) is 1.83. The van der Waals surface area contributed by atoms with E-state index in [1.165, 1.54) is 5.57 Å². The molecule has 6 heteroatoms. The Morgan fingerprint density at radius 3 is 3.14 bits per heavy atom. The molecular weight excluding hydrogens is 286 g/mol. The highest BCUT2D eigenvalue weighted by Gasteiger charge is 2.31. The number of imidazole rings is 1. The minimum absolute atomic E-state index is 0.0337. The molecule has 21 heavy (non-hydrogen) atoms. The van der Waals surface area contributed by atoms with E-state index >= 15 is 0 Å². The van der Waals surface area contributed by atoms with Gasteiger partial charge in [0.15, 0.2) is 5.75 Å². The van der Waals surface area contributed by atoms with Gasteiger partial charge in [-0.05, 0) is 23.8 Å². The molecule has 1 aromatic heterocycles. The lowest BCUT2D eigenvalue weighted by Crippen LogP contribution is -2.22. The molecule has 108 valence electrons. The fourth-order valence-corrected chi connectivity index (χ4v) is 3.80. The van der Waals surface area contributed by atoms with Crippen molar-refractivity contribution in [2.45, 2.75) is 17.7 Å². The number of benzene rings is 1. The number of para-hydroxylation sites is 2. The lowest BCUT2D eigenvalue weighted by molar-refractivity contribution is 0.171. The summed E-state index contributed by atoms with van der Waals surface area (Å²) in [5.74, 6) is 1.39. The van der Waals surface area contributed by atoms with Crippen molar-refractivity contribution in [1.82, 2.24) is 15.3 Å². The van der Waals surface area contributed by atoms with Gasteiger partial charge in [-0.15, -0.1) is 0 Å². The van der Waals surface area contributed by atoms with Gasteiger partial charge >= 0.3 is 5.16 Å². The number of hydrogen-bond donors (Lipinski definition) is 2. The summed E-state index contributed by atoms with van der Waals surface area (Å²) in [5, 5.41) is 3.69. The average Bonchev–Trinajstić information content (AvgIpc) is 3.10. The van der Waals surface area contributed by atoms with E-state index in [1.54, 1.807) is 0 Å². The third-order valence-corrected chi connectivity index (χ3v) is 5.00. The SMILES string of the molecule is [O-][S+](CC1CC2=C(C=CNC2)O1)c1nc2ccccc2[nH]1. The van der Waals surface area contributed by atoms with E-state index in [-0.39, 0.29) is 6.10 Å². The molecule has 2 aromatic rings. The maximum Gasteiger partial charge on any atom is 0.321 e. The first-order chi connectivity index (χ1) is 10.3. The van der Waals surface area contributed by atoms with Crippen LogP contribution in [0, 0.1) is 0 Å². The zero-order valence-electron chi connectivity index (χ0n) is 11.3. The van der Waals surface area contributed by atoms with Gasteiger partial charge in [0.2, 0.25) is 0 Å². The normalized spacial score (nSPS) is 22.0. The number of H-pyrrole nitrogens is 1. The molecule has 2 unspecified atom stereocenters. The molecule has 5 nitrogen and oxygen atoms in total. The number of nitrogens with zero attached hydrogens (tertiary/aromatic N) is 1. The molecule has 1 aromatic carbocycles. The van der Waals surface area contributed by atoms with Gasteiger partial charge in [0.25, 0.3) is 0 Å². The number of hydrogen-bond acceptors (Lipinski definition) is 4. The summed E-state index contributed by atoms with van der Waals surface area (Å²) in [6.45, 7) is 0.819. The van der Waals surface area contributed by atoms with E-state index in [0.717, 1.165) is 29.8 Å². The van der Waals surface area contributed by atoms with E-state index in [0.29, 0.717) is 10.9 Å². The fourth-order valence-electron chi connectivity index (χ4n) is 2.69. The van der Waals surface area contributed by atoms with Gasteiger partial charge < -0.3 is 14.6 Å². The number of nitrogens with one attached hydrogen (secondary N) is 2. The quantitative estimate of drug-likeness (QED) is 0.848. The second kappa shape index (κ2) is 5.13. The maximum absolute atomic E-state index is 12.5. The number of dihydropyridines is 1. The predicted molar refractivity (Wildman–Crippen MR) is 81.0 cm³/mol. The van der Waals surface area contributed by atoms with Crippen LogP contribution < -0.4 is 5.32 Å². The molecule has 2 atom stereocenters. The molecule has 0 radical (unpaired) electrons. The first-order valence-electron chi connectivity index (χ1n) is 6.91. The van der Waals surface area contributed by atoms with Gasteiger partial charge in [-0.3, -0.25) is 4.98 Å². The molecule has 3 heterocycles. The molecule has 0 saturated carbocycles. The van der Waals surface area contributed by atoms with Crippen LogP contribution in [0.5, 0.6) is 0 Å². The smallest absolute Gasteiger partial charge is 0.321 e. The molecule has 2 N–H and O–H groups in total. The largest absolute Gasteiger partial charge is 0.609 e. The average molecular weight is 301 g/mol. The van der Waals surface area contributed by atoms with E-state index in [9.17, 15) is 4.55 Å². The number of rotatable bonds is 3. The number of aromatic nitrogens is 2. The van der Waals surface area contributed by atoms with Crippen LogP contribution in [0.15, 0.2) is 53.0 Å². The van der Waals surface area contributed by atoms with E-state index in [1.807, 2.05) is 36.5 Å². The Bertz CT molecular complexity index is 704.